The van der Waals surface area contributed by atoms with Gasteiger partial charge >= 0.3 is 0 Å². The standard InChI is InChI=1S/C17H14Br2N2O2/c1-2-7-23-15-12(8-10(18)9-13(15)19)16-20-14-6-4-3-5-11(14)17(22)21-16/h3-6,8-9H,2,7H2,1H3,(H,20,21,22). The number of nitrogens with one attached hydrogen (secondary N) is 1. The molecule has 3 rings (SSSR count). The lowest BCUT2D eigenvalue weighted by Gasteiger charge is -2.13. The van der Waals surface area contributed by atoms with Gasteiger partial charge in [0.15, 0.2) is 0 Å². The number of ether oxygens (including phenoxy) is 1. The summed E-state index contributed by atoms with van der Waals surface area (Å²) in [6.45, 7) is 2.63. The molecule has 0 unspecified atom stereocenters. The Morgan fingerprint density at radius 3 is 2.78 bits per heavy atom. The first-order chi connectivity index (χ1) is 11.1. The third-order valence-corrected chi connectivity index (χ3v) is 4.37. The molecule has 2 aromatic carbocycles. The number of halogens is 2. The fraction of sp³-hybridized carbons (Fsp3) is 0.176. The minimum Gasteiger partial charge on any atom is -0.492 e. The normalized spacial score (nSPS) is 10.9. The van der Waals surface area contributed by atoms with Crippen LogP contribution in [0.3, 0.4) is 0 Å². The average Bonchev–Trinajstić information content (AvgIpc) is 2.53. The van der Waals surface area contributed by atoms with Crippen LogP contribution in [0.25, 0.3) is 22.3 Å². The zero-order chi connectivity index (χ0) is 16.4. The molecule has 6 heteroatoms. The third kappa shape index (κ3) is 3.33. The van der Waals surface area contributed by atoms with Gasteiger partial charge in [-0.1, -0.05) is 35.0 Å². The van der Waals surface area contributed by atoms with Crippen LogP contribution in [0.2, 0.25) is 0 Å². The maximum absolute atomic E-state index is 12.3. The first-order valence-electron chi connectivity index (χ1n) is 7.21. The lowest BCUT2D eigenvalue weighted by atomic mass is 10.1. The summed E-state index contributed by atoms with van der Waals surface area (Å²) in [7, 11) is 0. The monoisotopic (exact) mass is 436 g/mol. The van der Waals surface area contributed by atoms with Crippen molar-refractivity contribution in [2.24, 2.45) is 0 Å². The van der Waals surface area contributed by atoms with Gasteiger partial charge in [0, 0.05) is 4.47 Å². The van der Waals surface area contributed by atoms with Gasteiger partial charge in [0.05, 0.1) is 27.5 Å². The van der Waals surface area contributed by atoms with Crippen LogP contribution in [0.15, 0.2) is 50.1 Å². The number of fused-ring (bicyclic) bond motifs is 1. The Morgan fingerprint density at radius 2 is 2.00 bits per heavy atom. The second kappa shape index (κ2) is 6.84. The maximum atomic E-state index is 12.3. The van der Waals surface area contributed by atoms with Crippen molar-refractivity contribution in [3.8, 4) is 17.1 Å². The molecule has 4 nitrogen and oxygen atoms in total. The van der Waals surface area contributed by atoms with Gasteiger partial charge in [0.25, 0.3) is 5.56 Å². The Bertz CT molecular complexity index is 922. The smallest absolute Gasteiger partial charge is 0.259 e. The number of hydrogen-bond acceptors (Lipinski definition) is 3. The van der Waals surface area contributed by atoms with Gasteiger partial charge in [0.1, 0.15) is 11.6 Å². The molecule has 0 atom stereocenters. The van der Waals surface area contributed by atoms with Crippen molar-refractivity contribution < 1.29 is 4.74 Å². The van der Waals surface area contributed by atoms with Crippen LogP contribution >= 0.6 is 31.9 Å². The molecule has 0 radical (unpaired) electrons. The Kier molecular flexibility index (Phi) is 4.82. The van der Waals surface area contributed by atoms with E-state index in [0.717, 1.165) is 20.9 Å². The van der Waals surface area contributed by atoms with E-state index in [-0.39, 0.29) is 5.56 Å². The summed E-state index contributed by atoms with van der Waals surface area (Å²) in [5.41, 5.74) is 1.23. The second-order valence-corrected chi connectivity index (χ2v) is 6.81. The van der Waals surface area contributed by atoms with E-state index in [0.29, 0.717) is 29.1 Å². The summed E-state index contributed by atoms with van der Waals surface area (Å²) < 4.78 is 7.53. The summed E-state index contributed by atoms with van der Waals surface area (Å²) in [6.07, 6.45) is 0.892. The highest BCUT2D eigenvalue weighted by atomic mass is 79.9. The van der Waals surface area contributed by atoms with E-state index in [1.165, 1.54) is 0 Å². The van der Waals surface area contributed by atoms with Crippen LogP contribution in [0, 0.1) is 0 Å². The predicted octanol–water partition coefficient (Wildman–Crippen LogP) is 4.90. The molecule has 0 aliphatic heterocycles. The minimum absolute atomic E-state index is 0.164. The van der Waals surface area contributed by atoms with E-state index >= 15 is 0 Å². The number of nitrogens with zero attached hydrogens (tertiary/aromatic N) is 1. The summed E-state index contributed by atoms with van der Waals surface area (Å²) >= 11 is 6.99. The van der Waals surface area contributed by atoms with Gasteiger partial charge in [0.2, 0.25) is 0 Å². The van der Waals surface area contributed by atoms with E-state index in [9.17, 15) is 4.79 Å². The van der Waals surface area contributed by atoms with Gasteiger partial charge in [-0.2, -0.15) is 0 Å². The van der Waals surface area contributed by atoms with E-state index in [2.05, 4.69) is 41.8 Å². The number of H-pyrrole nitrogens is 1. The van der Waals surface area contributed by atoms with Crippen LogP contribution in [0.4, 0.5) is 0 Å². The molecule has 1 heterocycles. The van der Waals surface area contributed by atoms with Gasteiger partial charge in [-0.15, -0.1) is 0 Å². The molecule has 118 valence electrons. The Labute approximate surface area is 150 Å². The minimum atomic E-state index is -0.164. The van der Waals surface area contributed by atoms with Gasteiger partial charge in [-0.25, -0.2) is 4.98 Å². The van der Waals surface area contributed by atoms with Gasteiger partial charge < -0.3 is 9.72 Å². The largest absolute Gasteiger partial charge is 0.492 e. The molecule has 0 fully saturated rings. The molecule has 23 heavy (non-hydrogen) atoms. The summed E-state index contributed by atoms with van der Waals surface area (Å²) in [5.74, 6) is 1.16. The van der Waals surface area contributed by atoms with Gasteiger partial charge in [-0.05, 0) is 46.6 Å². The third-order valence-electron chi connectivity index (χ3n) is 3.33. The summed E-state index contributed by atoms with van der Waals surface area (Å²) in [4.78, 5) is 19.7. The molecule has 0 aliphatic carbocycles. The van der Waals surface area contributed by atoms with Crippen LogP contribution in [-0.2, 0) is 0 Å². The average molecular weight is 438 g/mol. The summed E-state index contributed by atoms with van der Waals surface area (Å²) in [6, 6.07) is 11.1. The number of aromatic amines is 1. The van der Waals surface area contributed by atoms with Crippen molar-refractivity contribution in [3.05, 3.63) is 55.7 Å². The van der Waals surface area contributed by atoms with E-state index < -0.39 is 0 Å². The van der Waals surface area contributed by atoms with E-state index in [1.54, 1.807) is 6.07 Å². The highest BCUT2D eigenvalue weighted by Gasteiger charge is 2.15. The van der Waals surface area contributed by atoms with Crippen molar-refractivity contribution in [2.75, 3.05) is 6.61 Å². The molecule has 0 aliphatic rings. The lowest BCUT2D eigenvalue weighted by molar-refractivity contribution is 0.316. The number of hydrogen-bond donors (Lipinski definition) is 1. The topological polar surface area (TPSA) is 55.0 Å². The fourth-order valence-corrected chi connectivity index (χ4v) is 3.64. The first kappa shape index (κ1) is 16.2. The van der Waals surface area contributed by atoms with Crippen molar-refractivity contribution in [3.63, 3.8) is 0 Å². The Balaban J connectivity index is 2.23. The quantitative estimate of drug-likeness (QED) is 0.631. The SMILES string of the molecule is CCCOc1c(Br)cc(Br)cc1-c1nc2ccccc2c(=O)[nH]1. The zero-order valence-electron chi connectivity index (χ0n) is 12.4. The number of benzene rings is 2. The van der Waals surface area contributed by atoms with E-state index in [1.807, 2.05) is 37.3 Å². The number of para-hydroxylation sites is 1. The number of rotatable bonds is 4. The van der Waals surface area contributed by atoms with Crippen molar-refractivity contribution in [1.29, 1.82) is 0 Å². The molecule has 1 aromatic heterocycles. The van der Waals surface area contributed by atoms with Crippen LogP contribution in [0.5, 0.6) is 5.75 Å². The predicted molar refractivity (Wildman–Crippen MR) is 99.0 cm³/mol. The molecule has 0 bridgehead atoms. The second-order valence-electron chi connectivity index (χ2n) is 5.04. The molecule has 3 aromatic rings. The molecule has 0 saturated carbocycles. The number of aromatic nitrogens is 2. The van der Waals surface area contributed by atoms with Crippen molar-refractivity contribution in [2.45, 2.75) is 13.3 Å². The van der Waals surface area contributed by atoms with E-state index in [4.69, 9.17) is 4.74 Å². The zero-order valence-corrected chi connectivity index (χ0v) is 15.6. The van der Waals surface area contributed by atoms with Gasteiger partial charge in [-0.3, -0.25) is 4.79 Å². The van der Waals surface area contributed by atoms with Crippen LogP contribution in [-0.4, -0.2) is 16.6 Å². The Morgan fingerprint density at radius 1 is 1.22 bits per heavy atom. The molecule has 1 N–H and O–H groups in total. The highest BCUT2D eigenvalue weighted by molar-refractivity contribution is 9.11. The lowest BCUT2D eigenvalue weighted by Crippen LogP contribution is -2.10. The fourth-order valence-electron chi connectivity index (χ4n) is 2.30. The molecule has 0 spiro atoms. The molecular weight excluding hydrogens is 424 g/mol. The Hall–Kier alpha value is -1.66. The molecular formula is C17H14Br2N2O2. The molecule has 0 amide bonds. The van der Waals surface area contributed by atoms with Crippen LogP contribution in [0.1, 0.15) is 13.3 Å². The highest BCUT2D eigenvalue weighted by Crippen LogP contribution is 2.38. The maximum Gasteiger partial charge on any atom is 0.259 e. The van der Waals surface area contributed by atoms with Crippen LogP contribution < -0.4 is 10.3 Å². The summed E-state index contributed by atoms with van der Waals surface area (Å²) in [5, 5.41) is 0.571. The molecule has 0 saturated heterocycles. The first-order valence-corrected chi connectivity index (χ1v) is 8.80. The van der Waals surface area contributed by atoms with Crippen molar-refractivity contribution in [1.82, 2.24) is 9.97 Å². The van der Waals surface area contributed by atoms with Crippen molar-refractivity contribution >= 4 is 42.8 Å².